The van der Waals surface area contributed by atoms with Crippen molar-refractivity contribution < 1.29 is 27.8 Å². The van der Waals surface area contributed by atoms with Crippen LogP contribution in [0.1, 0.15) is 22.6 Å². The molecular weight excluding hydrogens is 215 g/mol. The molecule has 0 aliphatic carbocycles. The van der Waals surface area contributed by atoms with Gasteiger partial charge in [-0.2, -0.15) is 0 Å². The minimum Gasteiger partial charge on any atom is -0.491 e. The normalized spacial score (nSPS) is 10.5. The highest BCUT2D eigenvalue weighted by molar-refractivity contribution is 5.88. The molecule has 1 rings (SSSR count). The van der Waals surface area contributed by atoms with Gasteiger partial charge in [-0.05, 0) is 0 Å². The SMILES string of the molecule is COc1c(F)cc(C(F)F)nc1C(=O)O. The standard InChI is InChI=1S/C8H6F3NO3/c1-15-6-3(9)2-4(7(10)11)12-5(6)8(13)14/h2,7H,1H3,(H,13,14). The molecule has 0 aromatic carbocycles. The number of alkyl halides is 2. The van der Waals surface area contributed by atoms with E-state index in [0.717, 1.165) is 7.11 Å². The molecule has 0 atom stereocenters. The van der Waals surface area contributed by atoms with Crippen LogP contribution in [0.4, 0.5) is 13.2 Å². The quantitative estimate of drug-likeness (QED) is 0.846. The largest absolute Gasteiger partial charge is 0.491 e. The predicted molar refractivity (Wildman–Crippen MR) is 42.7 cm³/mol. The number of hydrogen-bond donors (Lipinski definition) is 1. The first-order chi connectivity index (χ1) is 6.97. The maximum atomic E-state index is 13.1. The van der Waals surface area contributed by atoms with Gasteiger partial charge in [0.25, 0.3) is 6.43 Å². The van der Waals surface area contributed by atoms with Gasteiger partial charge in [-0.25, -0.2) is 22.9 Å². The summed E-state index contributed by atoms with van der Waals surface area (Å²) in [5.74, 6) is -3.47. The molecule has 0 fully saturated rings. The molecule has 7 heteroatoms. The van der Waals surface area contributed by atoms with Gasteiger partial charge in [-0.1, -0.05) is 0 Å². The predicted octanol–water partition coefficient (Wildman–Crippen LogP) is 1.87. The fraction of sp³-hybridized carbons (Fsp3) is 0.250. The van der Waals surface area contributed by atoms with Gasteiger partial charge in [-0.15, -0.1) is 0 Å². The van der Waals surface area contributed by atoms with E-state index in [1.165, 1.54) is 0 Å². The number of carboxylic acid groups (broad SMARTS) is 1. The molecule has 0 unspecified atom stereocenters. The number of methoxy groups -OCH3 is 1. The van der Waals surface area contributed by atoms with Crippen LogP contribution in [0.5, 0.6) is 5.75 Å². The fourth-order valence-electron chi connectivity index (χ4n) is 0.972. The fourth-order valence-corrected chi connectivity index (χ4v) is 0.972. The maximum Gasteiger partial charge on any atom is 0.358 e. The van der Waals surface area contributed by atoms with Crippen molar-refractivity contribution >= 4 is 5.97 Å². The van der Waals surface area contributed by atoms with Crippen molar-refractivity contribution in [3.05, 3.63) is 23.3 Å². The second-order valence-electron chi connectivity index (χ2n) is 2.52. The molecule has 0 radical (unpaired) electrons. The molecule has 0 amide bonds. The van der Waals surface area contributed by atoms with Crippen LogP contribution in [-0.4, -0.2) is 23.2 Å². The Morgan fingerprint density at radius 1 is 1.60 bits per heavy atom. The van der Waals surface area contributed by atoms with Crippen LogP contribution in [0.25, 0.3) is 0 Å². The van der Waals surface area contributed by atoms with E-state index < -0.39 is 35.3 Å². The van der Waals surface area contributed by atoms with Crippen LogP contribution in [-0.2, 0) is 0 Å². The second kappa shape index (κ2) is 4.16. The third-order valence-corrected chi connectivity index (χ3v) is 1.58. The minimum absolute atomic E-state index is 0.440. The molecule has 1 heterocycles. The minimum atomic E-state index is -3.04. The van der Waals surface area contributed by atoms with E-state index in [2.05, 4.69) is 9.72 Å². The summed E-state index contributed by atoms with van der Waals surface area (Å²) >= 11 is 0. The average molecular weight is 221 g/mol. The maximum absolute atomic E-state index is 13.1. The van der Waals surface area contributed by atoms with Gasteiger partial charge in [0.2, 0.25) is 0 Å². The van der Waals surface area contributed by atoms with Gasteiger partial charge >= 0.3 is 5.97 Å². The summed E-state index contributed by atoms with van der Waals surface area (Å²) in [6.45, 7) is 0. The molecule has 1 N–H and O–H groups in total. The molecule has 4 nitrogen and oxygen atoms in total. The van der Waals surface area contributed by atoms with Crippen molar-refractivity contribution in [2.75, 3.05) is 7.11 Å². The zero-order valence-corrected chi connectivity index (χ0v) is 7.50. The number of pyridine rings is 1. The van der Waals surface area contributed by atoms with Crippen LogP contribution < -0.4 is 4.74 Å². The van der Waals surface area contributed by atoms with E-state index in [4.69, 9.17) is 5.11 Å². The molecule has 0 spiro atoms. The number of rotatable bonds is 3. The Bertz CT molecular complexity index is 395. The van der Waals surface area contributed by atoms with Crippen LogP contribution >= 0.6 is 0 Å². The van der Waals surface area contributed by atoms with Crippen molar-refractivity contribution in [1.82, 2.24) is 4.98 Å². The molecule has 0 bridgehead atoms. The summed E-state index contributed by atoms with van der Waals surface area (Å²) in [7, 11) is 1.02. The Morgan fingerprint density at radius 3 is 2.60 bits per heavy atom. The zero-order chi connectivity index (χ0) is 11.6. The first-order valence-electron chi connectivity index (χ1n) is 3.73. The highest BCUT2D eigenvalue weighted by Gasteiger charge is 2.22. The molecule has 0 saturated carbocycles. The van der Waals surface area contributed by atoms with Gasteiger partial charge in [-0.3, -0.25) is 0 Å². The molecule has 82 valence electrons. The summed E-state index contributed by atoms with van der Waals surface area (Å²) in [6, 6.07) is 0.440. The van der Waals surface area contributed by atoms with Crippen molar-refractivity contribution in [2.24, 2.45) is 0 Å². The Morgan fingerprint density at radius 2 is 2.20 bits per heavy atom. The van der Waals surface area contributed by atoms with Crippen LogP contribution in [0.15, 0.2) is 6.07 Å². The highest BCUT2D eigenvalue weighted by atomic mass is 19.3. The summed E-state index contributed by atoms with van der Waals surface area (Å²) in [5.41, 5.74) is -1.81. The van der Waals surface area contributed by atoms with Gasteiger partial charge in [0, 0.05) is 6.07 Å². The Labute approximate surface area is 82.3 Å². The lowest BCUT2D eigenvalue weighted by Crippen LogP contribution is -2.08. The number of aromatic nitrogens is 1. The van der Waals surface area contributed by atoms with Crippen LogP contribution in [0.2, 0.25) is 0 Å². The first kappa shape index (κ1) is 11.3. The van der Waals surface area contributed by atoms with E-state index in [1.54, 1.807) is 0 Å². The topological polar surface area (TPSA) is 59.4 Å². The van der Waals surface area contributed by atoms with Gasteiger partial charge in [0.1, 0.15) is 5.69 Å². The lowest BCUT2D eigenvalue weighted by Gasteiger charge is -2.07. The lowest BCUT2D eigenvalue weighted by atomic mass is 10.2. The Hall–Kier alpha value is -1.79. The van der Waals surface area contributed by atoms with Crippen molar-refractivity contribution in [3.63, 3.8) is 0 Å². The Balaban J connectivity index is 3.38. The number of carboxylic acids is 1. The van der Waals surface area contributed by atoms with Crippen LogP contribution in [0, 0.1) is 5.82 Å². The number of nitrogens with zero attached hydrogens (tertiary/aromatic N) is 1. The summed E-state index contributed by atoms with van der Waals surface area (Å²) in [5, 5.41) is 8.57. The van der Waals surface area contributed by atoms with E-state index in [9.17, 15) is 18.0 Å². The number of aromatic carboxylic acids is 1. The highest BCUT2D eigenvalue weighted by Crippen LogP contribution is 2.26. The molecule has 1 aromatic heterocycles. The van der Waals surface area contributed by atoms with Gasteiger partial charge < -0.3 is 9.84 Å². The summed E-state index contributed by atoms with van der Waals surface area (Å²) in [6.07, 6.45) is -3.04. The molecule has 0 saturated heterocycles. The number of halogens is 3. The van der Waals surface area contributed by atoms with Gasteiger partial charge in [0.05, 0.1) is 7.11 Å². The first-order valence-corrected chi connectivity index (χ1v) is 3.73. The van der Waals surface area contributed by atoms with Crippen molar-refractivity contribution in [1.29, 1.82) is 0 Å². The third-order valence-electron chi connectivity index (χ3n) is 1.58. The smallest absolute Gasteiger partial charge is 0.358 e. The van der Waals surface area contributed by atoms with Crippen molar-refractivity contribution in [3.8, 4) is 5.75 Å². The Kier molecular flexibility index (Phi) is 3.13. The monoisotopic (exact) mass is 221 g/mol. The molecular formula is C8H6F3NO3. The third kappa shape index (κ3) is 2.17. The van der Waals surface area contributed by atoms with E-state index in [1.807, 2.05) is 0 Å². The summed E-state index contributed by atoms with van der Waals surface area (Å²) < 4.78 is 41.8. The number of hydrogen-bond acceptors (Lipinski definition) is 3. The average Bonchev–Trinajstić information content (AvgIpc) is 2.16. The van der Waals surface area contributed by atoms with Crippen molar-refractivity contribution in [2.45, 2.75) is 6.43 Å². The van der Waals surface area contributed by atoms with E-state index in [0.29, 0.717) is 6.07 Å². The molecule has 0 aliphatic heterocycles. The van der Waals surface area contributed by atoms with E-state index in [-0.39, 0.29) is 0 Å². The zero-order valence-electron chi connectivity index (χ0n) is 7.50. The molecule has 1 aromatic rings. The van der Waals surface area contributed by atoms with Gasteiger partial charge in [0.15, 0.2) is 17.3 Å². The number of carbonyl (C=O) groups is 1. The molecule has 0 aliphatic rings. The van der Waals surface area contributed by atoms with Crippen LogP contribution in [0.3, 0.4) is 0 Å². The summed E-state index contributed by atoms with van der Waals surface area (Å²) in [4.78, 5) is 13.6. The lowest BCUT2D eigenvalue weighted by molar-refractivity contribution is 0.0683. The molecule has 15 heavy (non-hydrogen) atoms. The second-order valence-corrected chi connectivity index (χ2v) is 2.52. The van der Waals surface area contributed by atoms with E-state index >= 15 is 0 Å². The number of ether oxygens (including phenoxy) is 1.